The van der Waals surface area contributed by atoms with Crippen LogP contribution in [0.3, 0.4) is 0 Å². The van der Waals surface area contributed by atoms with Crippen LogP contribution in [0.15, 0.2) is 0 Å². The van der Waals surface area contributed by atoms with Gasteiger partial charge in [0.05, 0.1) is 12.6 Å². The predicted molar refractivity (Wildman–Crippen MR) is 74.3 cm³/mol. The van der Waals surface area contributed by atoms with Gasteiger partial charge in [0.25, 0.3) is 0 Å². The Kier molecular flexibility index (Phi) is 5.03. The topological polar surface area (TPSA) is 118 Å². The van der Waals surface area contributed by atoms with E-state index in [0.717, 1.165) is 0 Å². The summed E-state index contributed by atoms with van der Waals surface area (Å²) in [6.45, 7) is 0.980. The number of nitrogens with zero attached hydrogens (tertiary/aromatic N) is 2. The van der Waals surface area contributed by atoms with Crippen molar-refractivity contribution >= 4 is 19.3 Å². The van der Waals surface area contributed by atoms with Crippen LogP contribution >= 0.6 is 7.37 Å². The van der Waals surface area contributed by atoms with Crippen LogP contribution in [0.4, 0.5) is 0 Å². The van der Waals surface area contributed by atoms with Crippen LogP contribution in [-0.2, 0) is 14.2 Å². The van der Waals surface area contributed by atoms with E-state index in [2.05, 4.69) is 0 Å². The summed E-state index contributed by atoms with van der Waals surface area (Å²) >= 11 is 0. The minimum Gasteiger partial charge on any atom is -0.480 e. The maximum Gasteiger partial charge on any atom is 0.320 e. The van der Waals surface area contributed by atoms with Crippen molar-refractivity contribution in [2.24, 2.45) is 0 Å². The Bertz CT molecular complexity index is 433. The lowest BCUT2D eigenvalue weighted by Crippen LogP contribution is -2.40. The molecule has 0 spiro atoms. The molecule has 2 rings (SSSR count). The molecule has 21 heavy (non-hydrogen) atoms. The first-order chi connectivity index (χ1) is 9.80. The third-order valence-corrected chi connectivity index (χ3v) is 5.71. The van der Waals surface area contributed by atoms with Gasteiger partial charge < -0.3 is 15.1 Å². The molecule has 0 unspecified atom stereocenters. The molecule has 2 aliphatic rings. The Morgan fingerprint density at radius 3 is 1.67 bits per heavy atom. The van der Waals surface area contributed by atoms with Crippen LogP contribution in [0.1, 0.15) is 25.7 Å². The van der Waals surface area contributed by atoms with Gasteiger partial charge in [-0.2, -0.15) is 0 Å². The zero-order chi connectivity index (χ0) is 15.6. The smallest absolute Gasteiger partial charge is 0.320 e. The van der Waals surface area contributed by atoms with E-state index >= 15 is 0 Å². The van der Waals surface area contributed by atoms with E-state index in [1.54, 1.807) is 0 Å². The third kappa shape index (κ3) is 4.03. The molecule has 0 aromatic rings. The molecule has 0 bridgehead atoms. The molecule has 2 heterocycles. The number of carbonyl (C=O) groups is 2. The maximum absolute atomic E-state index is 12.3. The van der Waals surface area contributed by atoms with Crippen LogP contribution in [-0.4, -0.2) is 74.6 Å². The first kappa shape index (κ1) is 16.4. The molecular weight excluding hydrogens is 299 g/mol. The van der Waals surface area contributed by atoms with Gasteiger partial charge in [-0.1, -0.05) is 0 Å². The van der Waals surface area contributed by atoms with Gasteiger partial charge in [-0.15, -0.1) is 0 Å². The molecule has 0 aromatic heterocycles. The van der Waals surface area contributed by atoms with Crippen molar-refractivity contribution in [2.75, 3.05) is 25.7 Å². The van der Waals surface area contributed by atoms with Crippen molar-refractivity contribution < 1.29 is 29.3 Å². The molecule has 0 aromatic carbocycles. The summed E-state index contributed by atoms with van der Waals surface area (Å²) < 4.78 is 12.3. The second-order valence-corrected chi connectivity index (χ2v) is 8.00. The molecular formula is C12H21N2O6P. The average Bonchev–Trinajstić information content (AvgIpc) is 2.96. The van der Waals surface area contributed by atoms with Gasteiger partial charge in [0.2, 0.25) is 7.37 Å². The molecule has 0 aliphatic carbocycles. The van der Waals surface area contributed by atoms with E-state index in [0.29, 0.717) is 38.8 Å². The summed E-state index contributed by atoms with van der Waals surface area (Å²) in [6.07, 6.45) is 1.98. The predicted octanol–water partition coefficient (Wildman–Crippen LogP) is 0.270. The summed E-state index contributed by atoms with van der Waals surface area (Å²) in [4.78, 5) is 35.3. The lowest BCUT2D eigenvalue weighted by Gasteiger charge is -2.28. The molecule has 2 saturated heterocycles. The van der Waals surface area contributed by atoms with E-state index in [4.69, 9.17) is 10.2 Å². The van der Waals surface area contributed by atoms with Crippen LogP contribution < -0.4 is 0 Å². The van der Waals surface area contributed by atoms with Gasteiger partial charge in [-0.3, -0.25) is 24.0 Å². The Morgan fingerprint density at radius 2 is 1.33 bits per heavy atom. The van der Waals surface area contributed by atoms with Crippen LogP contribution in [0.5, 0.6) is 0 Å². The highest BCUT2D eigenvalue weighted by Crippen LogP contribution is 2.44. The van der Waals surface area contributed by atoms with Crippen molar-refractivity contribution in [2.45, 2.75) is 37.8 Å². The number of carboxylic acids is 2. The highest BCUT2D eigenvalue weighted by atomic mass is 31.2. The van der Waals surface area contributed by atoms with E-state index in [-0.39, 0.29) is 12.6 Å². The lowest BCUT2D eigenvalue weighted by atomic mass is 10.2. The molecule has 0 amide bonds. The van der Waals surface area contributed by atoms with Gasteiger partial charge in [0.15, 0.2) is 0 Å². The third-order valence-electron chi connectivity index (χ3n) is 4.10. The first-order valence-electron chi connectivity index (χ1n) is 7.05. The monoisotopic (exact) mass is 320 g/mol. The zero-order valence-electron chi connectivity index (χ0n) is 11.7. The summed E-state index contributed by atoms with van der Waals surface area (Å²) in [6, 6.07) is -1.42. The summed E-state index contributed by atoms with van der Waals surface area (Å²) in [5.74, 6) is -1.95. The number of carboxylic acid groups (broad SMARTS) is 2. The number of hydrogen-bond acceptors (Lipinski definition) is 5. The second-order valence-electron chi connectivity index (χ2n) is 5.75. The van der Waals surface area contributed by atoms with Crippen molar-refractivity contribution in [3.8, 4) is 0 Å². The van der Waals surface area contributed by atoms with E-state index in [9.17, 15) is 19.0 Å². The summed E-state index contributed by atoms with van der Waals surface area (Å²) in [7, 11) is -3.62. The molecule has 2 fully saturated rings. The van der Waals surface area contributed by atoms with E-state index < -0.39 is 31.4 Å². The van der Waals surface area contributed by atoms with E-state index in [1.807, 2.05) is 0 Å². The number of aliphatic carboxylic acids is 2. The van der Waals surface area contributed by atoms with E-state index in [1.165, 1.54) is 9.80 Å². The molecule has 2 aliphatic heterocycles. The minimum atomic E-state index is -3.62. The number of likely N-dealkylation sites (tertiary alicyclic amines) is 2. The van der Waals surface area contributed by atoms with Crippen molar-refractivity contribution in [1.82, 2.24) is 9.80 Å². The Labute approximate surface area is 122 Å². The molecule has 3 N–H and O–H groups in total. The Morgan fingerprint density at radius 1 is 0.952 bits per heavy atom. The van der Waals surface area contributed by atoms with Crippen LogP contribution in [0.2, 0.25) is 0 Å². The highest BCUT2D eigenvalue weighted by Gasteiger charge is 2.39. The highest BCUT2D eigenvalue weighted by molar-refractivity contribution is 7.57. The van der Waals surface area contributed by atoms with Crippen molar-refractivity contribution in [3.05, 3.63) is 0 Å². The lowest BCUT2D eigenvalue weighted by molar-refractivity contribution is -0.142. The Balaban J connectivity index is 1.97. The molecule has 8 nitrogen and oxygen atoms in total. The fourth-order valence-electron chi connectivity index (χ4n) is 3.16. The fourth-order valence-corrected chi connectivity index (χ4v) is 5.06. The van der Waals surface area contributed by atoms with Gasteiger partial charge in [0.1, 0.15) is 12.1 Å². The molecule has 0 radical (unpaired) electrons. The average molecular weight is 320 g/mol. The number of rotatable bonds is 6. The minimum absolute atomic E-state index is 0.188. The second kappa shape index (κ2) is 6.44. The first-order valence-corrected chi connectivity index (χ1v) is 9.08. The van der Waals surface area contributed by atoms with Gasteiger partial charge in [-0.25, -0.2) is 0 Å². The quantitative estimate of drug-likeness (QED) is 0.597. The van der Waals surface area contributed by atoms with Gasteiger partial charge >= 0.3 is 11.9 Å². The zero-order valence-corrected chi connectivity index (χ0v) is 12.6. The summed E-state index contributed by atoms with van der Waals surface area (Å²) in [5, 5.41) is 18.2. The normalized spacial score (nSPS) is 28.0. The van der Waals surface area contributed by atoms with Crippen LogP contribution in [0, 0.1) is 0 Å². The SMILES string of the molecule is O=C(O)[C@H]1CCCN1CP(=O)(O)CN1CCC[C@@H]1C(=O)O. The maximum atomic E-state index is 12.3. The fraction of sp³-hybridized carbons (Fsp3) is 0.833. The Hall–Kier alpha value is -0.950. The molecule has 2 atom stereocenters. The van der Waals surface area contributed by atoms with Gasteiger partial charge in [-0.05, 0) is 38.8 Å². The summed E-state index contributed by atoms with van der Waals surface area (Å²) in [5.41, 5.74) is 0. The largest absolute Gasteiger partial charge is 0.480 e. The van der Waals surface area contributed by atoms with Gasteiger partial charge in [0, 0.05) is 0 Å². The molecule has 0 saturated carbocycles. The van der Waals surface area contributed by atoms with Crippen LogP contribution in [0.25, 0.3) is 0 Å². The standard InChI is InChI=1S/C12H21N2O6P/c15-11(16)9-3-1-5-13(9)7-21(19,20)8-14-6-2-4-10(14)12(17)18/h9-10H,1-8H2,(H,15,16)(H,17,18)(H,19,20)/t9-,10-/m1/s1. The molecule has 120 valence electrons. The number of hydrogen-bond donors (Lipinski definition) is 3. The molecule has 9 heteroatoms. The van der Waals surface area contributed by atoms with Crippen molar-refractivity contribution in [3.63, 3.8) is 0 Å². The van der Waals surface area contributed by atoms with Crippen molar-refractivity contribution in [1.29, 1.82) is 0 Å².